The molecule has 162 valence electrons. The molecule has 0 saturated carbocycles. The predicted molar refractivity (Wildman–Crippen MR) is 118 cm³/mol. The summed E-state index contributed by atoms with van der Waals surface area (Å²) in [5, 5.41) is 12.9. The summed E-state index contributed by atoms with van der Waals surface area (Å²) in [6, 6.07) is 12.6. The summed E-state index contributed by atoms with van der Waals surface area (Å²) in [6.45, 7) is 4.96. The van der Waals surface area contributed by atoms with Crippen LogP contribution < -0.4 is 0 Å². The SMILES string of the molecule is Cc1cccc(-n2nnnc2SCC(=O)N2CCN(Cc3c(F)cccc3Cl)CC2)c1. The molecule has 4 rings (SSSR count). The van der Waals surface area contributed by atoms with Crippen LogP contribution in [0.2, 0.25) is 5.02 Å². The van der Waals surface area contributed by atoms with Crippen LogP contribution in [0.3, 0.4) is 0 Å². The number of nitrogens with zero attached hydrogens (tertiary/aromatic N) is 6. The molecule has 0 spiro atoms. The van der Waals surface area contributed by atoms with Gasteiger partial charge in [-0.15, -0.1) is 5.10 Å². The van der Waals surface area contributed by atoms with Gasteiger partial charge >= 0.3 is 0 Å². The highest BCUT2D eigenvalue weighted by atomic mass is 35.5. The third-order valence-corrected chi connectivity index (χ3v) is 6.44. The molecule has 1 aliphatic rings. The van der Waals surface area contributed by atoms with Crippen LogP contribution in [-0.4, -0.2) is 67.8 Å². The zero-order valence-electron chi connectivity index (χ0n) is 17.0. The van der Waals surface area contributed by atoms with Gasteiger partial charge in [-0.2, -0.15) is 4.68 Å². The van der Waals surface area contributed by atoms with Gasteiger partial charge in [-0.05, 0) is 47.2 Å². The summed E-state index contributed by atoms with van der Waals surface area (Å²) in [7, 11) is 0. The summed E-state index contributed by atoms with van der Waals surface area (Å²) in [5.74, 6) is -0.00758. The standard InChI is InChI=1S/C21H22ClFN6OS/c1-15-4-2-5-16(12-15)29-21(24-25-26-29)31-14-20(30)28-10-8-27(9-11-28)13-17-18(22)6-3-7-19(17)23/h2-7,12H,8-11,13-14H2,1H3. The largest absolute Gasteiger partial charge is 0.339 e. The number of benzene rings is 2. The molecule has 0 unspecified atom stereocenters. The van der Waals surface area contributed by atoms with Crippen LogP contribution in [0.4, 0.5) is 4.39 Å². The molecule has 2 aromatic carbocycles. The molecule has 3 aromatic rings. The Morgan fingerprint density at radius 2 is 1.94 bits per heavy atom. The van der Waals surface area contributed by atoms with Gasteiger partial charge in [-0.1, -0.05) is 41.6 Å². The molecule has 0 N–H and O–H groups in total. The molecule has 1 aliphatic heterocycles. The highest BCUT2D eigenvalue weighted by Gasteiger charge is 2.23. The molecule has 10 heteroatoms. The zero-order valence-corrected chi connectivity index (χ0v) is 18.6. The minimum absolute atomic E-state index is 0.0346. The number of aromatic nitrogens is 4. The number of halogens is 2. The maximum absolute atomic E-state index is 14.0. The van der Waals surface area contributed by atoms with E-state index in [0.717, 1.165) is 11.3 Å². The number of amides is 1. The smallest absolute Gasteiger partial charge is 0.233 e. The number of thioether (sulfide) groups is 1. The normalized spacial score (nSPS) is 14.7. The van der Waals surface area contributed by atoms with Gasteiger partial charge in [0.15, 0.2) is 0 Å². The van der Waals surface area contributed by atoms with Gasteiger partial charge in [-0.3, -0.25) is 9.69 Å². The third-order valence-electron chi connectivity index (χ3n) is 5.18. The van der Waals surface area contributed by atoms with Crippen LogP contribution in [0.25, 0.3) is 5.69 Å². The van der Waals surface area contributed by atoms with E-state index in [1.54, 1.807) is 16.8 Å². The minimum Gasteiger partial charge on any atom is -0.339 e. The minimum atomic E-state index is -0.297. The van der Waals surface area contributed by atoms with Gasteiger partial charge in [0.25, 0.3) is 0 Å². The highest BCUT2D eigenvalue weighted by molar-refractivity contribution is 7.99. The molecule has 0 atom stereocenters. The number of rotatable bonds is 6. The van der Waals surface area contributed by atoms with Crippen LogP contribution in [0.15, 0.2) is 47.6 Å². The van der Waals surface area contributed by atoms with Crippen molar-refractivity contribution >= 4 is 29.3 Å². The van der Waals surface area contributed by atoms with E-state index in [-0.39, 0.29) is 17.5 Å². The molecule has 0 bridgehead atoms. The fraction of sp³-hybridized carbons (Fsp3) is 0.333. The molecule has 1 fully saturated rings. The summed E-state index contributed by atoms with van der Waals surface area (Å²) in [6.07, 6.45) is 0. The Morgan fingerprint density at radius 1 is 1.16 bits per heavy atom. The molecule has 31 heavy (non-hydrogen) atoms. The Balaban J connectivity index is 1.30. The van der Waals surface area contributed by atoms with Crippen molar-refractivity contribution in [2.45, 2.75) is 18.6 Å². The van der Waals surface area contributed by atoms with Crippen molar-refractivity contribution in [3.63, 3.8) is 0 Å². The predicted octanol–water partition coefficient (Wildman–Crippen LogP) is 3.20. The van der Waals surface area contributed by atoms with Crippen LogP contribution in [0.1, 0.15) is 11.1 Å². The second kappa shape index (κ2) is 9.76. The quantitative estimate of drug-likeness (QED) is 0.526. The Morgan fingerprint density at radius 3 is 2.68 bits per heavy atom. The summed E-state index contributed by atoms with van der Waals surface area (Å²) in [5.41, 5.74) is 2.47. The summed E-state index contributed by atoms with van der Waals surface area (Å²) in [4.78, 5) is 16.6. The lowest BCUT2D eigenvalue weighted by Crippen LogP contribution is -2.48. The molecule has 7 nitrogen and oxygen atoms in total. The van der Waals surface area contributed by atoms with Crippen molar-refractivity contribution in [2.75, 3.05) is 31.9 Å². The van der Waals surface area contributed by atoms with E-state index in [0.29, 0.717) is 48.5 Å². The molecule has 1 saturated heterocycles. The number of aryl methyl sites for hydroxylation is 1. The molecule has 2 heterocycles. The topological polar surface area (TPSA) is 67.2 Å². The fourth-order valence-electron chi connectivity index (χ4n) is 3.47. The van der Waals surface area contributed by atoms with Gasteiger partial charge in [0.2, 0.25) is 11.1 Å². The number of piperazine rings is 1. The van der Waals surface area contributed by atoms with E-state index in [9.17, 15) is 9.18 Å². The first-order valence-electron chi connectivity index (χ1n) is 9.92. The van der Waals surface area contributed by atoms with E-state index in [1.165, 1.54) is 17.8 Å². The van der Waals surface area contributed by atoms with Crippen molar-refractivity contribution in [2.24, 2.45) is 0 Å². The number of hydrogen-bond acceptors (Lipinski definition) is 6. The average molecular weight is 461 g/mol. The first-order chi connectivity index (χ1) is 15.0. The number of hydrogen-bond donors (Lipinski definition) is 0. The molecular weight excluding hydrogens is 439 g/mol. The van der Waals surface area contributed by atoms with E-state index in [2.05, 4.69) is 20.4 Å². The van der Waals surface area contributed by atoms with E-state index in [1.807, 2.05) is 36.1 Å². The van der Waals surface area contributed by atoms with Crippen molar-refractivity contribution in [1.82, 2.24) is 30.0 Å². The lowest BCUT2D eigenvalue weighted by Gasteiger charge is -2.34. The molecule has 1 aromatic heterocycles. The Hall–Kier alpha value is -2.49. The monoisotopic (exact) mass is 460 g/mol. The number of carbonyl (C=O) groups excluding carboxylic acids is 1. The van der Waals surface area contributed by atoms with Crippen LogP contribution >= 0.6 is 23.4 Å². The average Bonchev–Trinajstić information content (AvgIpc) is 3.24. The van der Waals surface area contributed by atoms with E-state index in [4.69, 9.17) is 11.6 Å². The third kappa shape index (κ3) is 5.23. The second-order valence-corrected chi connectivity index (χ2v) is 8.71. The Kier molecular flexibility index (Phi) is 6.84. The second-order valence-electron chi connectivity index (χ2n) is 7.36. The maximum atomic E-state index is 14.0. The Labute approximate surface area is 189 Å². The number of tetrazole rings is 1. The molecule has 1 amide bonds. The van der Waals surface area contributed by atoms with Crippen molar-refractivity contribution in [3.8, 4) is 5.69 Å². The lowest BCUT2D eigenvalue weighted by molar-refractivity contribution is -0.130. The summed E-state index contributed by atoms with van der Waals surface area (Å²) >= 11 is 7.45. The molecule has 0 aliphatic carbocycles. The van der Waals surface area contributed by atoms with Crippen molar-refractivity contribution < 1.29 is 9.18 Å². The fourth-order valence-corrected chi connectivity index (χ4v) is 4.49. The first kappa shape index (κ1) is 21.7. The Bertz CT molecular complexity index is 1050. The number of carbonyl (C=O) groups is 1. The van der Waals surface area contributed by atoms with Gasteiger partial charge in [0.1, 0.15) is 5.82 Å². The first-order valence-corrected chi connectivity index (χ1v) is 11.3. The van der Waals surface area contributed by atoms with Gasteiger partial charge < -0.3 is 4.90 Å². The highest BCUT2D eigenvalue weighted by Crippen LogP contribution is 2.22. The van der Waals surface area contributed by atoms with Gasteiger partial charge in [-0.25, -0.2) is 4.39 Å². The van der Waals surface area contributed by atoms with E-state index >= 15 is 0 Å². The van der Waals surface area contributed by atoms with Crippen LogP contribution in [0.5, 0.6) is 0 Å². The molecular formula is C21H22ClFN6OS. The summed E-state index contributed by atoms with van der Waals surface area (Å²) < 4.78 is 15.7. The van der Waals surface area contributed by atoms with Crippen LogP contribution in [0, 0.1) is 12.7 Å². The van der Waals surface area contributed by atoms with Crippen molar-refractivity contribution in [1.29, 1.82) is 0 Å². The van der Waals surface area contributed by atoms with Gasteiger partial charge in [0.05, 0.1) is 11.4 Å². The lowest BCUT2D eigenvalue weighted by atomic mass is 10.2. The van der Waals surface area contributed by atoms with E-state index < -0.39 is 0 Å². The van der Waals surface area contributed by atoms with Crippen LogP contribution in [-0.2, 0) is 11.3 Å². The maximum Gasteiger partial charge on any atom is 0.233 e. The zero-order chi connectivity index (χ0) is 21.8. The van der Waals surface area contributed by atoms with Crippen molar-refractivity contribution in [3.05, 3.63) is 64.4 Å². The molecule has 0 radical (unpaired) electrons. The van der Waals surface area contributed by atoms with Gasteiger partial charge in [0, 0.05) is 43.3 Å².